The highest BCUT2D eigenvalue weighted by molar-refractivity contribution is 7.76. The van der Waals surface area contributed by atoms with Gasteiger partial charge in [-0.3, -0.25) is 0 Å². The van der Waals surface area contributed by atoms with Crippen LogP contribution in [0.4, 0.5) is 0 Å². The zero-order valence-corrected chi connectivity index (χ0v) is 27.6. The first kappa shape index (κ1) is 34.8. The molecule has 0 fully saturated rings. The highest BCUT2D eigenvalue weighted by Gasteiger charge is 2.23. The second-order valence-corrected chi connectivity index (χ2v) is 15.1. The fourth-order valence-corrected chi connectivity index (χ4v) is 10.8. The maximum atomic E-state index is 6.50. The predicted molar refractivity (Wildman–Crippen MR) is 201 cm³/mol. The topological polar surface area (TPSA) is 18.5 Å². The molecule has 6 rings (SSSR count). The highest BCUT2D eigenvalue weighted by atomic mass is 31.1. The highest BCUT2D eigenvalue weighted by Crippen LogP contribution is 2.44. The summed E-state index contributed by atoms with van der Waals surface area (Å²) >= 11 is 0. The standard InChI is InChI=1S/C40H36O2P2.2B/c1-5-17-33(18-6-1)31-41-37-25-13-15-27-39(37)43(35-21-9-3-10-22-35)29-30-44(36-23-11-4-12-24-36)40-28-16-14-26-38(40)42-32-34-19-7-2-8-20-34;;/h1-28H,29-32H2;;. The summed E-state index contributed by atoms with van der Waals surface area (Å²) in [6, 6.07) is 60.0. The maximum absolute atomic E-state index is 6.50. The fraction of sp³-hybridized carbons (Fsp3) is 0.100. The van der Waals surface area contributed by atoms with Crippen LogP contribution in [-0.2, 0) is 13.2 Å². The van der Waals surface area contributed by atoms with E-state index < -0.39 is 15.8 Å². The average Bonchev–Trinajstić information content (AvgIpc) is 3.10. The summed E-state index contributed by atoms with van der Waals surface area (Å²) in [5, 5.41) is 5.33. The van der Waals surface area contributed by atoms with Gasteiger partial charge in [0.25, 0.3) is 0 Å². The van der Waals surface area contributed by atoms with E-state index in [1.807, 2.05) is 12.1 Å². The summed E-state index contributed by atoms with van der Waals surface area (Å²) < 4.78 is 13.0. The van der Waals surface area contributed by atoms with Crippen LogP contribution in [0.25, 0.3) is 0 Å². The monoisotopic (exact) mass is 632 g/mol. The molecule has 0 aliphatic rings. The Morgan fingerprint density at radius 3 is 1.02 bits per heavy atom. The van der Waals surface area contributed by atoms with E-state index in [1.54, 1.807) is 0 Å². The molecule has 6 heteroatoms. The number of hydrogen-bond acceptors (Lipinski definition) is 2. The number of rotatable bonds is 13. The molecule has 0 amide bonds. The smallest absolute Gasteiger partial charge is 0.127 e. The minimum atomic E-state index is -0.669. The largest absolute Gasteiger partial charge is 0.488 e. The molecule has 6 aromatic rings. The van der Waals surface area contributed by atoms with Crippen LogP contribution in [0.3, 0.4) is 0 Å². The van der Waals surface area contributed by atoms with Gasteiger partial charge < -0.3 is 9.47 Å². The van der Waals surface area contributed by atoms with Crippen LogP contribution in [0, 0.1) is 0 Å². The molecule has 0 saturated heterocycles. The van der Waals surface area contributed by atoms with Gasteiger partial charge >= 0.3 is 0 Å². The Balaban J connectivity index is 0.00000240. The van der Waals surface area contributed by atoms with E-state index in [9.17, 15) is 0 Å². The van der Waals surface area contributed by atoms with Gasteiger partial charge in [0.2, 0.25) is 0 Å². The average molecular weight is 632 g/mol. The second-order valence-electron chi connectivity index (χ2n) is 10.5. The molecule has 46 heavy (non-hydrogen) atoms. The van der Waals surface area contributed by atoms with Crippen molar-refractivity contribution in [3.05, 3.63) is 181 Å². The molecule has 0 bridgehead atoms. The minimum absolute atomic E-state index is 0. The summed E-state index contributed by atoms with van der Waals surface area (Å²) in [5.74, 6) is 1.95. The molecule has 0 aromatic heterocycles. The van der Waals surface area contributed by atoms with Gasteiger partial charge in [-0.2, -0.15) is 0 Å². The SMILES string of the molecule is [B].[B].c1ccc(COc2ccccc2P(CCP(c2ccccc2)c2ccccc2OCc2ccccc2)c2ccccc2)cc1. The van der Waals surface area contributed by atoms with Crippen LogP contribution in [0.1, 0.15) is 11.1 Å². The van der Waals surface area contributed by atoms with Gasteiger partial charge in [-0.05, 0) is 62.0 Å². The molecule has 0 aliphatic carbocycles. The van der Waals surface area contributed by atoms with Crippen molar-refractivity contribution in [3.8, 4) is 11.5 Å². The van der Waals surface area contributed by atoms with Gasteiger partial charge in [0.1, 0.15) is 24.7 Å². The van der Waals surface area contributed by atoms with Gasteiger partial charge in [-0.1, -0.05) is 158 Å². The van der Waals surface area contributed by atoms with Crippen LogP contribution in [-0.4, -0.2) is 29.1 Å². The van der Waals surface area contributed by atoms with Crippen molar-refractivity contribution >= 4 is 53.9 Å². The van der Waals surface area contributed by atoms with E-state index in [-0.39, 0.29) is 16.8 Å². The van der Waals surface area contributed by atoms with E-state index in [4.69, 9.17) is 9.47 Å². The third-order valence-electron chi connectivity index (χ3n) is 7.47. The Kier molecular flexibility index (Phi) is 13.7. The number of ether oxygens (including phenoxy) is 2. The van der Waals surface area contributed by atoms with Gasteiger partial charge in [0.05, 0.1) is 0 Å². The summed E-state index contributed by atoms with van der Waals surface area (Å²) in [5.41, 5.74) is 2.34. The molecule has 0 heterocycles. The lowest BCUT2D eigenvalue weighted by Gasteiger charge is -2.26. The van der Waals surface area contributed by atoms with E-state index in [0.29, 0.717) is 13.2 Å². The number of hydrogen-bond donors (Lipinski definition) is 0. The molecule has 0 saturated carbocycles. The normalized spacial score (nSPS) is 11.7. The van der Waals surface area contributed by atoms with Crippen molar-refractivity contribution in [1.29, 1.82) is 0 Å². The molecular formula is C40H36B2O2P2. The third kappa shape index (κ3) is 9.23. The molecule has 2 atom stereocenters. The Bertz CT molecular complexity index is 1590. The Labute approximate surface area is 280 Å². The molecule has 6 radical (unpaired) electrons. The lowest BCUT2D eigenvalue weighted by molar-refractivity contribution is 0.309. The minimum Gasteiger partial charge on any atom is -0.488 e. The van der Waals surface area contributed by atoms with Crippen molar-refractivity contribution < 1.29 is 9.47 Å². The van der Waals surface area contributed by atoms with Crippen LogP contribution >= 0.6 is 15.8 Å². The molecular weight excluding hydrogens is 596 g/mol. The zero-order valence-electron chi connectivity index (χ0n) is 25.9. The number of para-hydroxylation sites is 2. The van der Waals surface area contributed by atoms with Gasteiger partial charge in [0, 0.05) is 27.4 Å². The van der Waals surface area contributed by atoms with E-state index in [0.717, 1.165) is 23.8 Å². The first-order valence-corrected chi connectivity index (χ1v) is 18.1. The van der Waals surface area contributed by atoms with Crippen LogP contribution in [0.5, 0.6) is 11.5 Å². The maximum Gasteiger partial charge on any atom is 0.127 e. The van der Waals surface area contributed by atoms with Crippen molar-refractivity contribution in [3.63, 3.8) is 0 Å². The first-order valence-electron chi connectivity index (χ1n) is 15.0. The van der Waals surface area contributed by atoms with Gasteiger partial charge in [-0.25, -0.2) is 0 Å². The molecule has 224 valence electrons. The van der Waals surface area contributed by atoms with Crippen molar-refractivity contribution in [1.82, 2.24) is 0 Å². The molecule has 0 spiro atoms. The van der Waals surface area contributed by atoms with Crippen molar-refractivity contribution in [2.45, 2.75) is 13.2 Å². The fourth-order valence-electron chi connectivity index (χ4n) is 5.27. The van der Waals surface area contributed by atoms with Gasteiger partial charge in [-0.15, -0.1) is 0 Å². The summed E-state index contributed by atoms with van der Waals surface area (Å²) in [7, 11) is -1.34. The molecule has 2 unspecified atom stereocenters. The molecule has 2 nitrogen and oxygen atoms in total. The first-order chi connectivity index (χ1) is 21.8. The van der Waals surface area contributed by atoms with E-state index in [1.165, 1.54) is 32.3 Å². The predicted octanol–water partition coefficient (Wildman–Crippen LogP) is 7.65. The lowest BCUT2D eigenvalue weighted by atomic mass is 10.2. The van der Waals surface area contributed by atoms with Crippen molar-refractivity contribution in [2.75, 3.05) is 12.3 Å². The van der Waals surface area contributed by atoms with Crippen LogP contribution in [0.15, 0.2) is 170 Å². The second kappa shape index (κ2) is 18.2. The van der Waals surface area contributed by atoms with Crippen molar-refractivity contribution in [2.24, 2.45) is 0 Å². The van der Waals surface area contributed by atoms with E-state index >= 15 is 0 Å². The zero-order chi connectivity index (χ0) is 29.8. The summed E-state index contributed by atoms with van der Waals surface area (Å²) in [6.07, 6.45) is 2.08. The number of benzene rings is 6. The Morgan fingerprint density at radius 1 is 0.348 bits per heavy atom. The summed E-state index contributed by atoms with van der Waals surface area (Å²) in [6.45, 7) is 1.11. The summed E-state index contributed by atoms with van der Waals surface area (Å²) in [4.78, 5) is 0. The lowest BCUT2D eigenvalue weighted by Crippen LogP contribution is -2.22. The molecule has 0 N–H and O–H groups in total. The third-order valence-corrected chi connectivity index (χ3v) is 12.9. The molecule has 0 aliphatic heterocycles. The van der Waals surface area contributed by atoms with E-state index in [2.05, 4.69) is 158 Å². The Morgan fingerprint density at radius 2 is 0.652 bits per heavy atom. The van der Waals surface area contributed by atoms with Crippen LogP contribution < -0.4 is 30.7 Å². The quantitative estimate of drug-likeness (QED) is 0.0963. The molecule has 6 aromatic carbocycles. The Hall–Kier alpha value is -4.09. The van der Waals surface area contributed by atoms with Gasteiger partial charge in [0.15, 0.2) is 0 Å². The van der Waals surface area contributed by atoms with Crippen LogP contribution in [0.2, 0.25) is 0 Å².